The number of piperidine rings is 1. The van der Waals surface area contributed by atoms with Crippen molar-refractivity contribution in [1.82, 2.24) is 20.4 Å². The molecule has 1 saturated heterocycles. The van der Waals surface area contributed by atoms with Crippen molar-refractivity contribution in [1.29, 1.82) is 0 Å². The van der Waals surface area contributed by atoms with Crippen LogP contribution in [0.1, 0.15) is 35.3 Å². The molecule has 136 valence electrons. The van der Waals surface area contributed by atoms with Gasteiger partial charge < -0.3 is 15.5 Å². The molecule has 0 aliphatic carbocycles. The Bertz CT molecular complexity index is 828. The van der Waals surface area contributed by atoms with Gasteiger partial charge in [-0.25, -0.2) is 9.18 Å². The van der Waals surface area contributed by atoms with Crippen LogP contribution in [-0.2, 0) is 6.54 Å². The van der Waals surface area contributed by atoms with Gasteiger partial charge in [0.15, 0.2) is 5.78 Å². The van der Waals surface area contributed by atoms with E-state index in [1.807, 2.05) is 6.07 Å². The normalized spacial score (nSPS) is 18.3. The molecule has 26 heavy (non-hydrogen) atoms. The first-order valence-electron chi connectivity index (χ1n) is 8.67. The Balaban J connectivity index is 1.38. The van der Waals surface area contributed by atoms with Gasteiger partial charge in [-0.05, 0) is 37.1 Å². The summed E-state index contributed by atoms with van der Waals surface area (Å²) in [5.74, 6) is -0.450. The largest absolute Gasteiger partial charge is 0.378 e. The van der Waals surface area contributed by atoms with E-state index in [2.05, 4.69) is 20.8 Å². The number of fused-ring (bicyclic) bond motifs is 1. The molecule has 3 N–H and O–H groups in total. The van der Waals surface area contributed by atoms with Crippen LogP contribution in [0.25, 0.3) is 0 Å². The van der Waals surface area contributed by atoms with Crippen molar-refractivity contribution >= 4 is 17.5 Å². The summed E-state index contributed by atoms with van der Waals surface area (Å²) in [6.45, 7) is 1.52. The Morgan fingerprint density at radius 3 is 2.85 bits per heavy atom. The van der Waals surface area contributed by atoms with Gasteiger partial charge in [-0.1, -0.05) is 0 Å². The molecule has 8 heteroatoms. The highest BCUT2D eigenvalue weighted by Gasteiger charge is 2.41. The quantitative estimate of drug-likeness (QED) is 0.769. The van der Waals surface area contributed by atoms with E-state index >= 15 is 0 Å². The predicted octanol–water partition coefficient (Wildman–Crippen LogP) is 2.29. The van der Waals surface area contributed by atoms with Crippen molar-refractivity contribution in [3.8, 4) is 0 Å². The minimum atomic E-state index is -0.404. The monoisotopic (exact) mass is 357 g/mol. The molecule has 0 saturated carbocycles. The lowest BCUT2D eigenvalue weighted by molar-refractivity contribution is 0.0915. The molecule has 1 aromatic heterocycles. The number of hydrogen-bond acceptors (Lipinski definition) is 4. The van der Waals surface area contributed by atoms with Crippen LogP contribution in [0.2, 0.25) is 0 Å². The zero-order chi connectivity index (χ0) is 18.1. The second-order valence-electron chi connectivity index (χ2n) is 6.92. The standard InChI is InChI=1S/C18H20FN5O2/c19-12-1-2-15-14(9-12)16(25)10-18(22-15)4-7-24(8-5-18)17(26)20-11-13-3-6-21-23-13/h1-3,6,9,22H,4-5,7-8,10-11H2,(H,20,26)(H,21,23). The molecule has 0 atom stereocenters. The first-order chi connectivity index (χ1) is 12.5. The molecule has 4 rings (SSSR count). The van der Waals surface area contributed by atoms with Gasteiger partial charge in [0.1, 0.15) is 5.82 Å². The molecule has 0 radical (unpaired) electrons. The number of aromatic amines is 1. The molecule has 2 aromatic rings. The lowest BCUT2D eigenvalue weighted by Crippen LogP contribution is -2.55. The van der Waals surface area contributed by atoms with Crippen LogP contribution in [0, 0.1) is 5.82 Å². The van der Waals surface area contributed by atoms with Gasteiger partial charge >= 0.3 is 6.03 Å². The number of likely N-dealkylation sites (tertiary alicyclic amines) is 1. The van der Waals surface area contributed by atoms with Gasteiger partial charge in [-0.15, -0.1) is 0 Å². The summed E-state index contributed by atoms with van der Waals surface area (Å²) in [5, 5.41) is 12.9. The van der Waals surface area contributed by atoms with Gasteiger partial charge in [-0.2, -0.15) is 5.10 Å². The van der Waals surface area contributed by atoms with Gasteiger partial charge in [-0.3, -0.25) is 9.89 Å². The minimum Gasteiger partial charge on any atom is -0.378 e. The maximum absolute atomic E-state index is 13.4. The predicted molar refractivity (Wildman–Crippen MR) is 93.3 cm³/mol. The number of halogens is 1. The van der Waals surface area contributed by atoms with Crippen LogP contribution < -0.4 is 10.6 Å². The number of Topliss-reactive ketones (excluding diaryl/α,β-unsaturated/α-hetero) is 1. The Kier molecular flexibility index (Phi) is 4.10. The van der Waals surface area contributed by atoms with E-state index in [1.54, 1.807) is 17.2 Å². The number of H-pyrrole nitrogens is 1. The topological polar surface area (TPSA) is 90.1 Å². The van der Waals surface area contributed by atoms with E-state index in [1.165, 1.54) is 12.1 Å². The summed E-state index contributed by atoms with van der Waals surface area (Å²) in [6, 6.07) is 5.95. The molecule has 2 amide bonds. The zero-order valence-corrected chi connectivity index (χ0v) is 14.2. The number of rotatable bonds is 2. The molecule has 0 bridgehead atoms. The average molecular weight is 357 g/mol. The second-order valence-corrected chi connectivity index (χ2v) is 6.92. The van der Waals surface area contributed by atoms with Crippen LogP contribution in [0.3, 0.4) is 0 Å². The third-order valence-electron chi connectivity index (χ3n) is 5.18. The van der Waals surface area contributed by atoms with E-state index < -0.39 is 5.82 Å². The van der Waals surface area contributed by atoms with Crippen molar-refractivity contribution in [3.05, 3.63) is 47.5 Å². The maximum Gasteiger partial charge on any atom is 0.317 e. The first kappa shape index (κ1) is 16.6. The van der Waals surface area contributed by atoms with Crippen LogP contribution in [0.4, 0.5) is 14.9 Å². The summed E-state index contributed by atoms with van der Waals surface area (Å²) in [4.78, 5) is 26.5. The van der Waals surface area contributed by atoms with Crippen molar-refractivity contribution in [2.24, 2.45) is 0 Å². The molecule has 2 aliphatic rings. The van der Waals surface area contributed by atoms with Gasteiger partial charge in [0.05, 0.1) is 12.2 Å². The Hall–Kier alpha value is -2.90. The third-order valence-corrected chi connectivity index (χ3v) is 5.18. The molecular formula is C18H20FN5O2. The number of hydrogen-bond donors (Lipinski definition) is 3. The fourth-order valence-corrected chi connectivity index (χ4v) is 3.69. The fourth-order valence-electron chi connectivity index (χ4n) is 3.69. The van der Waals surface area contributed by atoms with Crippen molar-refractivity contribution < 1.29 is 14.0 Å². The highest BCUT2D eigenvalue weighted by molar-refractivity contribution is 6.04. The van der Waals surface area contributed by atoms with E-state index in [0.29, 0.717) is 50.1 Å². The van der Waals surface area contributed by atoms with Gasteiger partial charge in [0.2, 0.25) is 0 Å². The number of nitrogens with one attached hydrogen (secondary N) is 3. The van der Waals surface area contributed by atoms with Crippen LogP contribution in [0.15, 0.2) is 30.5 Å². The number of benzene rings is 1. The summed E-state index contributed by atoms with van der Waals surface area (Å²) in [5.41, 5.74) is 1.58. The summed E-state index contributed by atoms with van der Waals surface area (Å²) in [6.07, 6.45) is 3.31. The SMILES string of the molecule is O=C1CC2(CCN(C(=O)NCc3ccn[nH]3)CC2)Nc2ccc(F)cc21. The molecule has 1 spiro atoms. The van der Waals surface area contributed by atoms with Crippen molar-refractivity contribution in [2.45, 2.75) is 31.3 Å². The summed E-state index contributed by atoms with van der Waals surface area (Å²) in [7, 11) is 0. The fraction of sp³-hybridized carbons (Fsp3) is 0.389. The number of amides is 2. The second kappa shape index (κ2) is 6.44. The Labute approximate surface area is 150 Å². The molecule has 1 fully saturated rings. The average Bonchev–Trinajstić information content (AvgIpc) is 3.15. The number of aromatic nitrogens is 2. The molecule has 3 heterocycles. The van der Waals surface area contributed by atoms with Crippen LogP contribution in [-0.4, -0.2) is 45.5 Å². The lowest BCUT2D eigenvalue weighted by Gasteiger charge is -2.45. The van der Waals surface area contributed by atoms with Crippen molar-refractivity contribution in [2.75, 3.05) is 18.4 Å². The number of carbonyl (C=O) groups is 2. The molecule has 2 aliphatic heterocycles. The van der Waals surface area contributed by atoms with Crippen molar-refractivity contribution in [3.63, 3.8) is 0 Å². The maximum atomic E-state index is 13.4. The highest BCUT2D eigenvalue weighted by Crippen LogP contribution is 2.37. The Morgan fingerprint density at radius 1 is 1.31 bits per heavy atom. The third kappa shape index (κ3) is 3.14. The number of carbonyl (C=O) groups excluding carboxylic acids is 2. The molecule has 7 nitrogen and oxygen atoms in total. The summed E-state index contributed by atoms with van der Waals surface area (Å²) >= 11 is 0. The lowest BCUT2D eigenvalue weighted by atomic mass is 9.78. The molecule has 0 unspecified atom stereocenters. The smallest absolute Gasteiger partial charge is 0.317 e. The molecule has 1 aromatic carbocycles. The minimum absolute atomic E-state index is 0.0459. The zero-order valence-electron chi connectivity index (χ0n) is 14.2. The highest BCUT2D eigenvalue weighted by atomic mass is 19.1. The first-order valence-corrected chi connectivity index (χ1v) is 8.67. The number of anilines is 1. The van der Waals surface area contributed by atoms with E-state index in [0.717, 1.165) is 5.69 Å². The van der Waals surface area contributed by atoms with Gasteiger partial charge in [0.25, 0.3) is 0 Å². The molecular weight excluding hydrogens is 337 g/mol. The van der Waals surface area contributed by atoms with E-state index in [9.17, 15) is 14.0 Å². The summed E-state index contributed by atoms with van der Waals surface area (Å²) < 4.78 is 13.4. The Morgan fingerprint density at radius 2 is 2.12 bits per heavy atom. The van der Waals surface area contributed by atoms with Crippen LogP contribution >= 0.6 is 0 Å². The van der Waals surface area contributed by atoms with Crippen LogP contribution in [0.5, 0.6) is 0 Å². The van der Waals surface area contributed by atoms with E-state index in [4.69, 9.17) is 0 Å². The van der Waals surface area contributed by atoms with Gasteiger partial charge in [0, 0.05) is 42.5 Å². The number of urea groups is 1. The van der Waals surface area contributed by atoms with E-state index in [-0.39, 0.29) is 17.4 Å². The number of ketones is 1. The number of nitrogens with zero attached hydrogens (tertiary/aromatic N) is 2.